The number of anilines is 3. The van der Waals surface area contributed by atoms with Gasteiger partial charge < -0.3 is 30.0 Å². The molecule has 0 unspecified atom stereocenters. The summed E-state index contributed by atoms with van der Waals surface area (Å²) in [4.78, 5) is 30.8. The van der Waals surface area contributed by atoms with Gasteiger partial charge in [0.2, 0.25) is 0 Å². The van der Waals surface area contributed by atoms with Crippen LogP contribution in [0.2, 0.25) is 0 Å². The number of nitrogens with zero attached hydrogens (tertiary/aromatic N) is 4. The van der Waals surface area contributed by atoms with Crippen molar-refractivity contribution in [3.8, 4) is 0 Å². The fraction of sp³-hybridized carbons (Fsp3) is 0.500. The lowest BCUT2D eigenvalue weighted by Gasteiger charge is -2.35. The summed E-state index contributed by atoms with van der Waals surface area (Å²) in [6.07, 6.45) is 7.90. The first-order chi connectivity index (χ1) is 17.0. The Morgan fingerprint density at radius 2 is 1.94 bits per heavy atom. The molecule has 0 bridgehead atoms. The van der Waals surface area contributed by atoms with E-state index in [0.717, 1.165) is 32.1 Å². The summed E-state index contributed by atoms with van der Waals surface area (Å²) < 4.78 is 14.1. The third kappa shape index (κ3) is 4.48. The Labute approximate surface area is 202 Å². The van der Waals surface area contributed by atoms with E-state index < -0.39 is 0 Å². The monoisotopic (exact) mass is 481 g/mol. The van der Waals surface area contributed by atoms with Crippen LogP contribution < -0.4 is 21.5 Å². The van der Waals surface area contributed by atoms with E-state index in [2.05, 4.69) is 26.0 Å². The minimum absolute atomic E-state index is 0.0551. The van der Waals surface area contributed by atoms with Gasteiger partial charge in [0.25, 0.3) is 11.5 Å². The highest BCUT2D eigenvalue weighted by Gasteiger charge is 2.31. The molecular formula is C24H31N7O4. The first kappa shape index (κ1) is 23.3. The molecule has 0 saturated heterocycles. The number of ether oxygens (including phenoxy) is 2. The number of rotatable bonds is 8. The topological polar surface area (TPSA) is 124 Å². The summed E-state index contributed by atoms with van der Waals surface area (Å²) in [5.41, 5.74) is 1.06. The van der Waals surface area contributed by atoms with Gasteiger partial charge in [-0.15, -0.1) is 0 Å². The summed E-state index contributed by atoms with van der Waals surface area (Å²) in [7, 11) is 5.15. The molecule has 2 saturated carbocycles. The highest BCUT2D eigenvalue weighted by molar-refractivity contribution is 6.00. The van der Waals surface area contributed by atoms with Gasteiger partial charge in [-0.1, -0.05) is 0 Å². The van der Waals surface area contributed by atoms with Crippen LogP contribution in [0.1, 0.15) is 48.5 Å². The van der Waals surface area contributed by atoms with E-state index in [9.17, 15) is 9.59 Å². The third-order valence-electron chi connectivity index (χ3n) is 7.06. The Balaban J connectivity index is 1.41. The summed E-state index contributed by atoms with van der Waals surface area (Å²) in [5.74, 6) is 0.846. The number of nitrogens with one attached hydrogen (secondary N) is 3. The van der Waals surface area contributed by atoms with Gasteiger partial charge >= 0.3 is 0 Å². The van der Waals surface area contributed by atoms with Crippen molar-refractivity contribution < 1.29 is 14.3 Å². The minimum Gasteiger partial charge on any atom is -0.381 e. The van der Waals surface area contributed by atoms with Crippen LogP contribution in [-0.4, -0.2) is 64.6 Å². The number of carbonyl (C=O) groups excluding carboxylic acids is 1. The molecule has 0 aliphatic heterocycles. The second kappa shape index (κ2) is 9.67. The molecule has 0 spiro atoms. The molecule has 3 heterocycles. The predicted molar refractivity (Wildman–Crippen MR) is 131 cm³/mol. The maximum Gasteiger partial charge on any atom is 0.274 e. The van der Waals surface area contributed by atoms with Crippen molar-refractivity contribution >= 4 is 28.9 Å². The van der Waals surface area contributed by atoms with Gasteiger partial charge in [0.1, 0.15) is 22.9 Å². The average molecular weight is 482 g/mol. The lowest BCUT2D eigenvalue weighted by molar-refractivity contribution is 0.00522. The fourth-order valence-corrected chi connectivity index (χ4v) is 4.90. The maximum absolute atomic E-state index is 13.1. The van der Waals surface area contributed by atoms with Crippen LogP contribution in [0.15, 0.2) is 35.4 Å². The van der Waals surface area contributed by atoms with Crippen LogP contribution in [0, 0.1) is 0 Å². The number of hydrogen-bond acceptors (Lipinski definition) is 8. The average Bonchev–Trinajstić information content (AvgIpc) is 3.47. The maximum atomic E-state index is 13.1. The first-order valence-corrected chi connectivity index (χ1v) is 11.9. The smallest absolute Gasteiger partial charge is 0.274 e. The second-order valence-corrected chi connectivity index (χ2v) is 9.15. The van der Waals surface area contributed by atoms with E-state index >= 15 is 0 Å². The first-order valence-electron chi connectivity index (χ1n) is 11.9. The van der Waals surface area contributed by atoms with E-state index in [1.165, 1.54) is 6.20 Å². The van der Waals surface area contributed by atoms with Crippen molar-refractivity contribution in [1.82, 2.24) is 24.5 Å². The number of amides is 1. The van der Waals surface area contributed by atoms with Crippen LogP contribution in [0.4, 0.5) is 17.3 Å². The van der Waals surface area contributed by atoms with Crippen LogP contribution in [-0.2, 0) is 9.47 Å². The van der Waals surface area contributed by atoms with Crippen LogP contribution >= 0.6 is 0 Å². The van der Waals surface area contributed by atoms with Crippen molar-refractivity contribution in [2.45, 2.75) is 56.4 Å². The Hall–Kier alpha value is -3.44. The molecule has 2 aliphatic carbocycles. The van der Waals surface area contributed by atoms with Gasteiger partial charge in [-0.2, -0.15) is 9.61 Å². The Morgan fingerprint density at radius 3 is 2.66 bits per heavy atom. The van der Waals surface area contributed by atoms with Gasteiger partial charge in [-0.25, -0.2) is 4.98 Å². The molecule has 0 aromatic carbocycles. The van der Waals surface area contributed by atoms with Gasteiger partial charge in [0, 0.05) is 45.6 Å². The van der Waals surface area contributed by atoms with Crippen LogP contribution in [0.5, 0.6) is 0 Å². The molecule has 0 radical (unpaired) electrons. The van der Waals surface area contributed by atoms with Crippen LogP contribution in [0.25, 0.3) is 5.65 Å². The molecule has 186 valence electrons. The summed E-state index contributed by atoms with van der Waals surface area (Å²) in [6, 6.07) is 5.50. The molecule has 11 nitrogen and oxygen atoms in total. The zero-order chi connectivity index (χ0) is 24.5. The van der Waals surface area contributed by atoms with Gasteiger partial charge in [0.05, 0.1) is 18.4 Å². The number of hydrogen-bond donors (Lipinski definition) is 3. The zero-order valence-electron chi connectivity index (χ0n) is 20.2. The number of pyridine rings is 1. The molecule has 2 fully saturated rings. The van der Waals surface area contributed by atoms with E-state index in [1.807, 2.05) is 6.07 Å². The quantitative estimate of drug-likeness (QED) is 0.448. The number of methoxy groups -OCH3 is 2. The Morgan fingerprint density at radius 1 is 1.14 bits per heavy atom. The molecule has 2 atom stereocenters. The standard InChI is InChI=1S/C24H31N7O4/c1-25-21-12-20(28-19-5-4-8-30(24(19)33)15-10-17(11-15)35-3)29-22-18(13-26-31(21)22)23(32)27-14-6-7-16(9-14)34-2/h4-5,8,12-17,25H,6-7,9-11H2,1-3H3,(H,27,32)(H,28,29)/t14-,15?,16-,17?/m1/s1. The van der Waals surface area contributed by atoms with Gasteiger partial charge in [-0.3, -0.25) is 9.59 Å². The number of carbonyl (C=O) groups is 1. The molecule has 35 heavy (non-hydrogen) atoms. The Bertz CT molecular complexity index is 1280. The zero-order valence-corrected chi connectivity index (χ0v) is 20.2. The van der Waals surface area contributed by atoms with E-state index in [-0.39, 0.29) is 35.8 Å². The molecule has 5 rings (SSSR count). The number of aromatic nitrogens is 4. The lowest BCUT2D eigenvalue weighted by atomic mass is 9.89. The third-order valence-corrected chi connectivity index (χ3v) is 7.06. The van der Waals surface area contributed by atoms with Crippen LogP contribution in [0.3, 0.4) is 0 Å². The summed E-state index contributed by atoms with van der Waals surface area (Å²) in [5, 5.41) is 13.7. The summed E-state index contributed by atoms with van der Waals surface area (Å²) in [6.45, 7) is 0. The van der Waals surface area contributed by atoms with E-state index in [0.29, 0.717) is 28.5 Å². The van der Waals surface area contributed by atoms with Crippen molar-refractivity contribution in [3.63, 3.8) is 0 Å². The van der Waals surface area contributed by atoms with Crippen molar-refractivity contribution in [1.29, 1.82) is 0 Å². The molecule has 11 heteroatoms. The van der Waals surface area contributed by atoms with Crippen molar-refractivity contribution in [3.05, 3.63) is 46.5 Å². The van der Waals surface area contributed by atoms with E-state index in [1.54, 1.807) is 48.7 Å². The SMILES string of the molecule is CNc1cc(Nc2cccn(C3CC(OC)C3)c2=O)nc2c(C(=O)N[C@@H]3CC[C@@H](OC)C3)cnn12. The lowest BCUT2D eigenvalue weighted by Crippen LogP contribution is -2.37. The normalized spacial score (nSPS) is 23.7. The molecule has 3 N–H and O–H groups in total. The Kier molecular flexibility index (Phi) is 6.44. The summed E-state index contributed by atoms with van der Waals surface area (Å²) >= 11 is 0. The van der Waals surface area contributed by atoms with Gasteiger partial charge in [-0.05, 0) is 44.2 Å². The predicted octanol–water partition coefficient (Wildman–Crippen LogP) is 2.32. The molecule has 3 aromatic heterocycles. The highest BCUT2D eigenvalue weighted by atomic mass is 16.5. The number of fused-ring (bicyclic) bond motifs is 1. The molecular weight excluding hydrogens is 450 g/mol. The molecule has 1 amide bonds. The minimum atomic E-state index is -0.229. The van der Waals surface area contributed by atoms with Crippen molar-refractivity contribution in [2.24, 2.45) is 0 Å². The second-order valence-electron chi connectivity index (χ2n) is 9.15. The molecule has 3 aromatic rings. The highest BCUT2D eigenvalue weighted by Crippen LogP contribution is 2.33. The van der Waals surface area contributed by atoms with Gasteiger partial charge in [0.15, 0.2) is 5.65 Å². The fourth-order valence-electron chi connectivity index (χ4n) is 4.90. The molecule has 2 aliphatic rings. The largest absolute Gasteiger partial charge is 0.381 e. The van der Waals surface area contributed by atoms with Crippen molar-refractivity contribution in [2.75, 3.05) is 31.9 Å². The van der Waals surface area contributed by atoms with E-state index in [4.69, 9.17) is 9.47 Å².